The molecule has 0 aliphatic carbocycles. The highest BCUT2D eigenvalue weighted by atomic mass is 16.4. The zero-order chi connectivity index (χ0) is 11.3. The van der Waals surface area contributed by atoms with Crippen LogP contribution in [0, 0.1) is 0 Å². The molecular formula is C11H10O4. The van der Waals surface area contributed by atoms with Gasteiger partial charge in [-0.15, -0.1) is 0 Å². The fourth-order valence-electron chi connectivity index (χ4n) is 1.07. The monoisotopic (exact) mass is 206 g/mol. The molecule has 0 saturated carbocycles. The SMILES string of the molecule is O=Cc1cc(C=CCC(=O)O)ccc1O. The Morgan fingerprint density at radius 3 is 2.73 bits per heavy atom. The number of rotatable bonds is 4. The zero-order valence-electron chi connectivity index (χ0n) is 7.88. The van der Waals surface area contributed by atoms with Crippen LogP contribution in [0.5, 0.6) is 5.75 Å². The Labute approximate surface area is 86.5 Å². The second-order valence-corrected chi connectivity index (χ2v) is 2.94. The third-order valence-corrected chi connectivity index (χ3v) is 1.78. The van der Waals surface area contributed by atoms with Crippen LogP contribution in [-0.4, -0.2) is 22.5 Å². The van der Waals surface area contributed by atoms with Crippen molar-refractivity contribution < 1.29 is 19.8 Å². The molecule has 0 atom stereocenters. The second-order valence-electron chi connectivity index (χ2n) is 2.94. The average Bonchev–Trinajstić information content (AvgIpc) is 2.20. The van der Waals surface area contributed by atoms with E-state index in [9.17, 15) is 14.7 Å². The van der Waals surface area contributed by atoms with E-state index in [0.717, 1.165) is 0 Å². The summed E-state index contributed by atoms with van der Waals surface area (Å²) in [6.07, 6.45) is 3.53. The molecule has 0 aliphatic rings. The van der Waals surface area contributed by atoms with Crippen LogP contribution >= 0.6 is 0 Å². The van der Waals surface area contributed by atoms with Crippen LogP contribution in [0.2, 0.25) is 0 Å². The fraction of sp³-hybridized carbons (Fsp3) is 0.0909. The Morgan fingerprint density at radius 1 is 1.40 bits per heavy atom. The van der Waals surface area contributed by atoms with Crippen molar-refractivity contribution in [1.82, 2.24) is 0 Å². The van der Waals surface area contributed by atoms with Crippen LogP contribution in [-0.2, 0) is 4.79 Å². The van der Waals surface area contributed by atoms with Gasteiger partial charge in [0.25, 0.3) is 0 Å². The van der Waals surface area contributed by atoms with Gasteiger partial charge in [-0.1, -0.05) is 18.2 Å². The maximum absolute atomic E-state index is 10.5. The lowest BCUT2D eigenvalue weighted by molar-refractivity contribution is -0.135. The number of phenolic OH excluding ortho intramolecular Hbond substituents is 1. The van der Waals surface area contributed by atoms with Crippen molar-refractivity contribution in [2.75, 3.05) is 0 Å². The lowest BCUT2D eigenvalue weighted by atomic mass is 10.1. The van der Waals surface area contributed by atoms with Crippen LogP contribution in [0.4, 0.5) is 0 Å². The van der Waals surface area contributed by atoms with Crippen molar-refractivity contribution in [2.24, 2.45) is 0 Å². The topological polar surface area (TPSA) is 74.6 Å². The van der Waals surface area contributed by atoms with Crippen molar-refractivity contribution in [3.63, 3.8) is 0 Å². The van der Waals surface area contributed by atoms with E-state index in [-0.39, 0.29) is 17.7 Å². The highest BCUT2D eigenvalue weighted by molar-refractivity contribution is 5.80. The largest absolute Gasteiger partial charge is 0.507 e. The molecule has 0 bridgehead atoms. The van der Waals surface area contributed by atoms with Crippen LogP contribution < -0.4 is 0 Å². The lowest BCUT2D eigenvalue weighted by Gasteiger charge is -1.98. The Bertz CT molecular complexity index is 407. The molecule has 4 nitrogen and oxygen atoms in total. The first kappa shape index (κ1) is 11.0. The summed E-state index contributed by atoms with van der Waals surface area (Å²) in [6.45, 7) is 0. The number of benzene rings is 1. The van der Waals surface area contributed by atoms with Gasteiger partial charge in [0, 0.05) is 0 Å². The molecule has 0 aliphatic heterocycles. The number of phenols is 1. The molecule has 0 aromatic heterocycles. The van der Waals surface area contributed by atoms with Gasteiger partial charge in [0.1, 0.15) is 5.75 Å². The van der Waals surface area contributed by atoms with E-state index >= 15 is 0 Å². The highest BCUT2D eigenvalue weighted by Crippen LogP contribution is 2.17. The fourth-order valence-corrected chi connectivity index (χ4v) is 1.07. The number of aldehydes is 1. The summed E-state index contributed by atoms with van der Waals surface area (Å²) in [5.74, 6) is -0.999. The smallest absolute Gasteiger partial charge is 0.307 e. The standard InChI is InChI=1S/C11H10O4/c12-7-9-6-8(4-5-10(9)13)2-1-3-11(14)15/h1-2,4-7,13H,3H2,(H,14,15). The van der Waals surface area contributed by atoms with Gasteiger partial charge < -0.3 is 10.2 Å². The maximum atomic E-state index is 10.5. The predicted octanol–water partition coefficient (Wildman–Crippen LogP) is 1.69. The highest BCUT2D eigenvalue weighted by Gasteiger charge is 1.99. The van der Waals surface area contributed by atoms with Gasteiger partial charge in [0.2, 0.25) is 0 Å². The summed E-state index contributed by atoms with van der Waals surface area (Å²) in [7, 11) is 0. The van der Waals surface area contributed by atoms with Gasteiger partial charge in [-0.25, -0.2) is 0 Å². The van der Waals surface area contributed by atoms with Gasteiger partial charge in [-0.05, 0) is 17.7 Å². The van der Waals surface area contributed by atoms with Crippen molar-refractivity contribution in [3.8, 4) is 5.75 Å². The molecule has 0 unspecified atom stereocenters. The van der Waals surface area contributed by atoms with Crippen molar-refractivity contribution in [1.29, 1.82) is 0 Å². The molecule has 0 spiro atoms. The number of aromatic hydroxyl groups is 1. The summed E-state index contributed by atoms with van der Waals surface area (Å²) in [5.41, 5.74) is 0.864. The van der Waals surface area contributed by atoms with Crippen molar-refractivity contribution in [3.05, 3.63) is 35.4 Å². The summed E-state index contributed by atoms with van der Waals surface area (Å²) >= 11 is 0. The third kappa shape index (κ3) is 3.27. The first-order chi connectivity index (χ1) is 7.13. The Morgan fingerprint density at radius 2 is 2.13 bits per heavy atom. The number of aliphatic carboxylic acids is 1. The quantitative estimate of drug-likeness (QED) is 0.735. The van der Waals surface area contributed by atoms with Crippen molar-refractivity contribution >= 4 is 18.3 Å². The first-order valence-corrected chi connectivity index (χ1v) is 4.30. The lowest BCUT2D eigenvalue weighted by Crippen LogP contribution is -1.89. The van der Waals surface area contributed by atoms with Gasteiger partial charge in [-0.3, -0.25) is 9.59 Å². The Hall–Kier alpha value is -2.10. The minimum atomic E-state index is -0.916. The summed E-state index contributed by atoms with van der Waals surface area (Å²) in [4.78, 5) is 20.7. The van der Waals surface area contributed by atoms with E-state index in [4.69, 9.17) is 5.11 Å². The summed E-state index contributed by atoms with van der Waals surface area (Å²) in [5, 5.41) is 17.6. The number of carboxylic acid groups (broad SMARTS) is 1. The molecule has 1 rings (SSSR count). The average molecular weight is 206 g/mol. The molecule has 78 valence electrons. The molecular weight excluding hydrogens is 196 g/mol. The number of carbonyl (C=O) groups is 2. The molecule has 15 heavy (non-hydrogen) atoms. The van der Waals surface area contributed by atoms with Gasteiger partial charge in [-0.2, -0.15) is 0 Å². The molecule has 0 radical (unpaired) electrons. The Balaban J connectivity index is 2.82. The number of hydrogen-bond acceptors (Lipinski definition) is 3. The van der Waals surface area contributed by atoms with Crippen LogP contribution in [0.1, 0.15) is 22.3 Å². The molecule has 0 saturated heterocycles. The van der Waals surface area contributed by atoms with Crippen LogP contribution in [0.25, 0.3) is 6.08 Å². The number of carboxylic acids is 1. The van der Waals surface area contributed by atoms with Crippen LogP contribution in [0.3, 0.4) is 0 Å². The van der Waals surface area contributed by atoms with Gasteiger partial charge >= 0.3 is 5.97 Å². The van der Waals surface area contributed by atoms with Gasteiger partial charge in [0.15, 0.2) is 6.29 Å². The molecule has 0 fully saturated rings. The van der Waals surface area contributed by atoms with E-state index < -0.39 is 5.97 Å². The van der Waals surface area contributed by atoms with E-state index in [0.29, 0.717) is 11.8 Å². The second kappa shape index (κ2) is 4.95. The van der Waals surface area contributed by atoms with E-state index in [1.165, 1.54) is 18.2 Å². The van der Waals surface area contributed by atoms with E-state index in [1.807, 2.05) is 0 Å². The minimum Gasteiger partial charge on any atom is -0.507 e. The molecule has 0 amide bonds. The van der Waals surface area contributed by atoms with Crippen LogP contribution in [0.15, 0.2) is 24.3 Å². The van der Waals surface area contributed by atoms with E-state index in [2.05, 4.69) is 0 Å². The van der Waals surface area contributed by atoms with Gasteiger partial charge in [0.05, 0.1) is 12.0 Å². The third-order valence-electron chi connectivity index (χ3n) is 1.78. The predicted molar refractivity (Wildman–Crippen MR) is 54.8 cm³/mol. The number of carbonyl (C=O) groups excluding carboxylic acids is 1. The zero-order valence-corrected chi connectivity index (χ0v) is 7.88. The van der Waals surface area contributed by atoms with E-state index in [1.54, 1.807) is 12.1 Å². The van der Waals surface area contributed by atoms with Crippen molar-refractivity contribution in [2.45, 2.75) is 6.42 Å². The molecule has 1 aromatic rings. The molecule has 0 heterocycles. The molecule has 2 N–H and O–H groups in total. The molecule has 4 heteroatoms. The summed E-state index contributed by atoms with van der Waals surface area (Å²) in [6, 6.07) is 4.48. The molecule has 1 aromatic carbocycles. The first-order valence-electron chi connectivity index (χ1n) is 4.30. The number of hydrogen-bond donors (Lipinski definition) is 2. The maximum Gasteiger partial charge on any atom is 0.307 e. The minimum absolute atomic E-state index is 0.0721. The summed E-state index contributed by atoms with van der Waals surface area (Å²) < 4.78 is 0. The Kier molecular flexibility index (Phi) is 3.62. The normalized spacial score (nSPS) is 10.4.